The maximum Gasteiger partial charge on any atom is 0.586 e. The number of nitrogens with one attached hydrogen (secondary N) is 2. The summed E-state index contributed by atoms with van der Waals surface area (Å²) in [6, 6.07) is 4.37. The van der Waals surface area contributed by atoms with Gasteiger partial charge in [-0.05, 0) is 30.8 Å². The summed E-state index contributed by atoms with van der Waals surface area (Å²) < 4.78 is 39.3. The number of thiocarbonyl (C=S) groups is 1. The van der Waals surface area contributed by atoms with Crippen LogP contribution in [0.25, 0.3) is 0 Å². The molecular formula is C12H14F2N2O3S. The van der Waals surface area contributed by atoms with Gasteiger partial charge in [-0.15, -0.1) is 8.78 Å². The molecule has 1 aliphatic heterocycles. The summed E-state index contributed by atoms with van der Waals surface area (Å²) in [5, 5.41) is 6.24. The maximum absolute atomic E-state index is 12.9. The van der Waals surface area contributed by atoms with Crippen LogP contribution in [0, 0.1) is 0 Å². The fourth-order valence-corrected chi connectivity index (χ4v) is 1.84. The minimum atomic E-state index is -3.61. The van der Waals surface area contributed by atoms with Crippen molar-refractivity contribution < 1.29 is 23.0 Å². The van der Waals surface area contributed by atoms with E-state index in [1.54, 1.807) is 13.2 Å². The van der Waals surface area contributed by atoms with Gasteiger partial charge < -0.3 is 24.8 Å². The predicted octanol–water partition coefficient (Wildman–Crippen LogP) is 2.33. The third-order valence-corrected chi connectivity index (χ3v) is 2.72. The number of benzene rings is 1. The van der Waals surface area contributed by atoms with E-state index in [1.807, 2.05) is 0 Å². The number of fused-ring (bicyclic) bond motifs is 1. The van der Waals surface area contributed by atoms with Crippen molar-refractivity contribution in [1.82, 2.24) is 5.32 Å². The van der Waals surface area contributed by atoms with Crippen LogP contribution in [-0.4, -0.2) is 31.7 Å². The lowest BCUT2D eigenvalue weighted by atomic mass is 10.3. The van der Waals surface area contributed by atoms with E-state index in [-0.39, 0.29) is 11.5 Å². The van der Waals surface area contributed by atoms with Crippen molar-refractivity contribution >= 4 is 23.0 Å². The molecule has 0 spiro atoms. The first-order chi connectivity index (χ1) is 9.50. The van der Waals surface area contributed by atoms with Gasteiger partial charge in [0.1, 0.15) is 0 Å². The molecule has 8 heteroatoms. The van der Waals surface area contributed by atoms with E-state index >= 15 is 0 Å². The Balaban J connectivity index is 1.87. The van der Waals surface area contributed by atoms with Gasteiger partial charge in [0, 0.05) is 32.0 Å². The van der Waals surface area contributed by atoms with E-state index in [0.29, 0.717) is 24.0 Å². The number of hydrogen-bond acceptors (Lipinski definition) is 4. The zero-order chi connectivity index (χ0) is 14.6. The van der Waals surface area contributed by atoms with Gasteiger partial charge in [-0.2, -0.15) is 0 Å². The molecule has 0 saturated carbocycles. The standard InChI is InChI=1S/C12H14F2N2O3S/c1-17-6-2-5-15-11(20)16-8-3-4-9-10(7-8)19-12(13,14)18-9/h3-4,7H,2,5-6H2,1H3,(H2,15,16,20). The van der Waals surface area contributed by atoms with Crippen LogP contribution in [0.4, 0.5) is 14.5 Å². The number of alkyl halides is 2. The number of hydrogen-bond donors (Lipinski definition) is 2. The van der Waals surface area contributed by atoms with Crippen LogP contribution in [0.1, 0.15) is 6.42 Å². The van der Waals surface area contributed by atoms with Gasteiger partial charge in [0.15, 0.2) is 16.6 Å². The molecule has 1 aromatic rings. The number of halogens is 2. The van der Waals surface area contributed by atoms with E-state index in [0.717, 1.165) is 6.42 Å². The average Bonchev–Trinajstić information content (AvgIpc) is 2.68. The zero-order valence-corrected chi connectivity index (χ0v) is 11.6. The SMILES string of the molecule is COCCCNC(=S)Nc1ccc2c(c1)OC(F)(F)O2. The number of methoxy groups -OCH3 is 1. The van der Waals surface area contributed by atoms with Crippen LogP contribution < -0.4 is 20.1 Å². The molecule has 1 aliphatic rings. The van der Waals surface area contributed by atoms with Crippen LogP contribution in [0.15, 0.2) is 18.2 Å². The van der Waals surface area contributed by atoms with Crippen molar-refractivity contribution in [2.24, 2.45) is 0 Å². The van der Waals surface area contributed by atoms with Crippen molar-refractivity contribution in [3.05, 3.63) is 18.2 Å². The molecule has 1 heterocycles. The van der Waals surface area contributed by atoms with Gasteiger partial charge in [-0.25, -0.2) is 0 Å². The summed E-state index contributed by atoms with van der Waals surface area (Å²) in [5.41, 5.74) is 0.536. The molecule has 110 valence electrons. The molecular weight excluding hydrogens is 290 g/mol. The van der Waals surface area contributed by atoms with Crippen LogP contribution in [0.3, 0.4) is 0 Å². The van der Waals surface area contributed by atoms with Crippen LogP contribution in [0.2, 0.25) is 0 Å². The van der Waals surface area contributed by atoms with E-state index in [9.17, 15) is 8.78 Å². The Kier molecular flexibility index (Phi) is 4.56. The molecule has 0 aromatic heterocycles. The predicted molar refractivity (Wildman–Crippen MR) is 73.4 cm³/mol. The van der Waals surface area contributed by atoms with Crippen LogP contribution in [-0.2, 0) is 4.74 Å². The van der Waals surface area contributed by atoms with E-state index in [1.165, 1.54) is 12.1 Å². The Morgan fingerprint density at radius 2 is 2.10 bits per heavy atom. The second-order valence-corrected chi connectivity index (χ2v) is 4.46. The minimum absolute atomic E-state index is 0.000442. The molecule has 0 saturated heterocycles. The van der Waals surface area contributed by atoms with Crippen molar-refractivity contribution in [2.45, 2.75) is 12.7 Å². The second kappa shape index (κ2) is 6.19. The molecule has 0 atom stereocenters. The number of anilines is 1. The highest BCUT2D eigenvalue weighted by molar-refractivity contribution is 7.80. The highest BCUT2D eigenvalue weighted by atomic mass is 32.1. The van der Waals surface area contributed by atoms with E-state index in [4.69, 9.17) is 17.0 Å². The summed E-state index contributed by atoms with van der Waals surface area (Å²) in [6.07, 6.45) is -2.80. The fourth-order valence-electron chi connectivity index (χ4n) is 1.62. The molecule has 0 bridgehead atoms. The summed E-state index contributed by atoms with van der Waals surface area (Å²) in [6.45, 7) is 1.29. The largest absolute Gasteiger partial charge is 0.586 e. The van der Waals surface area contributed by atoms with Gasteiger partial charge in [0.2, 0.25) is 0 Å². The molecule has 0 unspecified atom stereocenters. The normalized spacial score (nSPS) is 14.9. The van der Waals surface area contributed by atoms with E-state index < -0.39 is 6.29 Å². The molecule has 5 nitrogen and oxygen atoms in total. The molecule has 1 aromatic carbocycles. The lowest BCUT2D eigenvalue weighted by Gasteiger charge is -2.10. The van der Waals surface area contributed by atoms with Crippen LogP contribution >= 0.6 is 12.2 Å². The quantitative estimate of drug-likeness (QED) is 0.643. The molecule has 20 heavy (non-hydrogen) atoms. The Morgan fingerprint density at radius 3 is 2.85 bits per heavy atom. The highest BCUT2D eigenvalue weighted by Gasteiger charge is 2.43. The summed E-state index contributed by atoms with van der Waals surface area (Å²) in [4.78, 5) is 0. The topological polar surface area (TPSA) is 51.8 Å². The fraction of sp³-hybridized carbons (Fsp3) is 0.417. The summed E-state index contributed by atoms with van der Waals surface area (Å²) in [7, 11) is 1.62. The van der Waals surface area contributed by atoms with Crippen molar-refractivity contribution in [3.8, 4) is 11.5 Å². The Hall–Kier alpha value is -1.67. The first kappa shape index (κ1) is 14.7. The van der Waals surface area contributed by atoms with Gasteiger partial charge >= 0.3 is 6.29 Å². The highest BCUT2D eigenvalue weighted by Crippen LogP contribution is 2.42. The molecule has 0 amide bonds. The smallest absolute Gasteiger partial charge is 0.395 e. The van der Waals surface area contributed by atoms with Gasteiger partial charge in [0.25, 0.3) is 0 Å². The van der Waals surface area contributed by atoms with Crippen molar-refractivity contribution in [2.75, 3.05) is 25.6 Å². The summed E-state index contributed by atoms with van der Waals surface area (Å²) >= 11 is 5.08. The molecule has 0 fully saturated rings. The van der Waals surface area contributed by atoms with Gasteiger partial charge in [0.05, 0.1) is 0 Å². The molecule has 2 rings (SSSR count). The van der Waals surface area contributed by atoms with E-state index in [2.05, 4.69) is 20.1 Å². The summed E-state index contributed by atoms with van der Waals surface area (Å²) in [5.74, 6) is -0.0262. The maximum atomic E-state index is 12.9. The van der Waals surface area contributed by atoms with Crippen molar-refractivity contribution in [1.29, 1.82) is 0 Å². The lowest BCUT2D eigenvalue weighted by molar-refractivity contribution is -0.286. The monoisotopic (exact) mass is 304 g/mol. The molecule has 0 radical (unpaired) electrons. The number of rotatable bonds is 5. The molecule has 2 N–H and O–H groups in total. The Morgan fingerprint density at radius 1 is 1.35 bits per heavy atom. The van der Waals surface area contributed by atoms with Crippen molar-refractivity contribution in [3.63, 3.8) is 0 Å². The third kappa shape index (κ3) is 3.91. The lowest BCUT2D eigenvalue weighted by Crippen LogP contribution is -2.29. The first-order valence-corrected chi connectivity index (χ1v) is 6.35. The Bertz CT molecular complexity index is 500. The average molecular weight is 304 g/mol. The number of ether oxygens (including phenoxy) is 3. The molecule has 0 aliphatic carbocycles. The van der Waals surface area contributed by atoms with Gasteiger partial charge in [-0.1, -0.05) is 0 Å². The first-order valence-electron chi connectivity index (χ1n) is 5.94. The zero-order valence-electron chi connectivity index (χ0n) is 10.7. The minimum Gasteiger partial charge on any atom is -0.395 e. The van der Waals surface area contributed by atoms with Crippen LogP contribution in [0.5, 0.6) is 11.5 Å². The third-order valence-electron chi connectivity index (χ3n) is 2.47. The Labute approximate surface area is 120 Å². The van der Waals surface area contributed by atoms with Gasteiger partial charge in [-0.3, -0.25) is 0 Å². The second-order valence-electron chi connectivity index (χ2n) is 4.06.